The molecule has 3 aromatic carbocycles. The van der Waals surface area contributed by atoms with Crippen LogP contribution in [-0.2, 0) is 11.4 Å². The molecule has 10 heteroatoms. The third-order valence-corrected chi connectivity index (χ3v) is 6.32. The van der Waals surface area contributed by atoms with Crippen LogP contribution in [0, 0.1) is 5.82 Å². The number of benzene rings is 3. The molecule has 1 amide bonds. The second-order valence-electron chi connectivity index (χ2n) is 8.57. The minimum Gasteiger partial charge on any atom is -0.490 e. The summed E-state index contributed by atoms with van der Waals surface area (Å²) in [5, 5.41) is 11.0. The van der Waals surface area contributed by atoms with Crippen LogP contribution in [0.5, 0.6) is 11.5 Å². The van der Waals surface area contributed by atoms with Crippen LogP contribution in [0.2, 0.25) is 5.02 Å². The number of rotatable bonds is 8. The van der Waals surface area contributed by atoms with E-state index in [1.54, 1.807) is 53.2 Å². The zero-order valence-electron chi connectivity index (χ0n) is 20.7. The highest BCUT2D eigenvalue weighted by molar-refractivity contribution is 6.30. The summed E-state index contributed by atoms with van der Waals surface area (Å²) in [5.74, 6) is 0.790. The van der Waals surface area contributed by atoms with E-state index in [1.807, 2.05) is 26.0 Å². The van der Waals surface area contributed by atoms with Crippen LogP contribution in [0.25, 0.3) is 0 Å². The molecular weight excluding hydrogens is 509 g/mol. The fraction of sp³-hybridized carbons (Fsp3) is 0.179. The zero-order valence-corrected chi connectivity index (χ0v) is 21.5. The number of anilines is 2. The molecule has 0 saturated heterocycles. The first kappa shape index (κ1) is 25.3. The summed E-state index contributed by atoms with van der Waals surface area (Å²) in [4.78, 5) is 17.8. The maximum absolute atomic E-state index is 14.1. The molecule has 38 heavy (non-hydrogen) atoms. The summed E-state index contributed by atoms with van der Waals surface area (Å²) in [5.41, 5.74) is 2.87. The Bertz CT molecular complexity index is 1500. The van der Waals surface area contributed by atoms with Crippen molar-refractivity contribution in [2.45, 2.75) is 26.5 Å². The summed E-state index contributed by atoms with van der Waals surface area (Å²) in [6, 6.07) is 18.1. The van der Waals surface area contributed by atoms with Gasteiger partial charge in [0, 0.05) is 22.0 Å². The van der Waals surface area contributed by atoms with Gasteiger partial charge in [-0.3, -0.25) is 4.79 Å². The predicted molar refractivity (Wildman–Crippen MR) is 143 cm³/mol. The Morgan fingerprint density at radius 2 is 1.89 bits per heavy atom. The number of hydrogen-bond donors (Lipinski definition) is 2. The van der Waals surface area contributed by atoms with Crippen molar-refractivity contribution < 1.29 is 18.7 Å². The zero-order chi connectivity index (χ0) is 26.6. The van der Waals surface area contributed by atoms with Gasteiger partial charge in [0.15, 0.2) is 11.5 Å². The van der Waals surface area contributed by atoms with Gasteiger partial charge in [-0.2, -0.15) is 10.1 Å². The van der Waals surface area contributed by atoms with Crippen LogP contribution in [0.15, 0.2) is 84.3 Å². The summed E-state index contributed by atoms with van der Waals surface area (Å²) >= 11 is 5.99. The van der Waals surface area contributed by atoms with Crippen LogP contribution in [0.4, 0.5) is 16.0 Å². The van der Waals surface area contributed by atoms with Gasteiger partial charge in [-0.25, -0.2) is 9.07 Å². The molecule has 1 aliphatic heterocycles. The fourth-order valence-corrected chi connectivity index (χ4v) is 4.40. The monoisotopic (exact) mass is 533 g/mol. The maximum Gasteiger partial charge on any atom is 0.255 e. The van der Waals surface area contributed by atoms with Crippen molar-refractivity contribution in [2.75, 3.05) is 17.2 Å². The van der Waals surface area contributed by atoms with E-state index in [9.17, 15) is 9.18 Å². The smallest absolute Gasteiger partial charge is 0.255 e. The predicted octanol–water partition coefficient (Wildman–Crippen LogP) is 5.98. The first-order chi connectivity index (χ1) is 18.4. The third kappa shape index (κ3) is 5.19. The third-order valence-electron chi connectivity index (χ3n) is 6.07. The quantitative estimate of drug-likeness (QED) is 0.290. The molecule has 1 atom stereocenters. The second-order valence-corrected chi connectivity index (χ2v) is 9.01. The SMILES string of the molecule is CCOc1cc([C@H]2C(C(=O)Nc3ccc(Cl)cc3)=C(C)Nc3ncnn32)ccc1OCc1ccccc1F. The molecule has 0 fully saturated rings. The number of allylic oxidation sites excluding steroid dienone is 1. The lowest BCUT2D eigenvalue weighted by Gasteiger charge is -2.29. The first-order valence-electron chi connectivity index (χ1n) is 12.0. The molecule has 0 aliphatic carbocycles. The van der Waals surface area contributed by atoms with E-state index in [-0.39, 0.29) is 18.3 Å². The Hall–Kier alpha value is -4.37. The van der Waals surface area contributed by atoms with Crippen molar-refractivity contribution in [3.05, 3.63) is 106 Å². The van der Waals surface area contributed by atoms with Crippen LogP contribution in [-0.4, -0.2) is 27.3 Å². The molecule has 0 spiro atoms. The van der Waals surface area contributed by atoms with Crippen molar-refractivity contribution in [1.29, 1.82) is 0 Å². The molecule has 1 aliphatic rings. The standard InChI is InChI=1S/C28H25ClFN5O3/c1-3-37-24-14-18(8-13-23(24)38-15-19-6-4-5-7-22(19)30)26-25(17(2)33-28-31-16-32-35(26)28)27(36)34-21-11-9-20(29)10-12-21/h4-14,16,26H,3,15H2,1-2H3,(H,34,36)(H,31,32,33)/t26-/m0/s1. The van der Waals surface area contributed by atoms with E-state index in [0.29, 0.717) is 51.6 Å². The van der Waals surface area contributed by atoms with Crippen molar-refractivity contribution >= 4 is 29.1 Å². The topological polar surface area (TPSA) is 90.3 Å². The van der Waals surface area contributed by atoms with E-state index in [2.05, 4.69) is 20.7 Å². The van der Waals surface area contributed by atoms with Gasteiger partial charge in [-0.05, 0) is 61.9 Å². The van der Waals surface area contributed by atoms with Gasteiger partial charge in [-0.15, -0.1) is 0 Å². The number of amides is 1. The Labute approximate surface area is 224 Å². The lowest BCUT2D eigenvalue weighted by Crippen LogP contribution is -2.31. The minimum atomic E-state index is -0.596. The summed E-state index contributed by atoms with van der Waals surface area (Å²) in [6.07, 6.45) is 1.43. The number of fused-ring (bicyclic) bond motifs is 1. The normalized spacial score (nSPS) is 14.5. The second kappa shape index (κ2) is 10.9. The molecular formula is C28H25ClFN5O3. The Kier molecular flexibility index (Phi) is 7.28. The Balaban J connectivity index is 1.49. The highest BCUT2D eigenvalue weighted by Crippen LogP contribution is 2.39. The van der Waals surface area contributed by atoms with Crippen LogP contribution < -0.4 is 20.1 Å². The average Bonchev–Trinajstić information content (AvgIpc) is 3.37. The molecule has 2 N–H and O–H groups in total. The van der Waals surface area contributed by atoms with Gasteiger partial charge >= 0.3 is 0 Å². The molecule has 0 bridgehead atoms. The van der Waals surface area contributed by atoms with E-state index in [4.69, 9.17) is 21.1 Å². The molecule has 0 radical (unpaired) electrons. The van der Waals surface area contributed by atoms with E-state index >= 15 is 0 Å². The van der Waals surface area contributed by atoms with Crippen LogP contribution in [0.1, 0.15) is 31.0 Å². The van der Waals surface area contributed by atoms with Crippen molar-refractivity contribution in [3.8, 4) is 11.5 Å². The number of nitrogens with zero attached hydrogens (tertiary/aromatic N) is 3. The fourth-order valence-electron chi connectivity index (χ4n) is 4.28. The lowest BCUT2D eigenvalue weighted by molar-refractivity contribution is -0.113. The molecule has 0 saturated carbocycles. The lowest BCUT2D eigenvalue weighted by atomic mass is 9.94. The van der Waals surface area contributed by atoms with E-state index < -0.39 is 6.04 Å². The number of carbonyl (C=O) groups excluding carboxylic acids is 1. The number of nitrogens with one attached hydrogen (secondary N) is 2. The largest absolute Gasteiger partial charge is 0.490 e. The molecule has 5 rings (SSSR count). The maximum atomic E-state index is 14.1. The summed E-state index contributed by atoms with van der Waals surface area (Å²) < 4.78 is 27.6. The number of carbonyl (C=O) groups is 1. The van der Waals surface area contributed by atoms with Gasteiger partial charge in [0.25, 0.3) is 5.91 Å². The molecule has 8 nitrogen and oxygen atoms in total. The summed E-state index contributed by atoms with van der Waals surface area (Å²) in [6.45, 7) is 4.11. The van der Waals surface area contributed by atoms with E-state index in [1.165, 1.54) is 12.4 Å². The summed E-state index contributed by atoms with van der Waals surface area (Å²) in [7, 11) is 0. The Morgan fingerprint density at radius 1 is 1.11 bits per heavy atom. The number of hydrogen-bond acceptors (Lipinski definition) is 6. The van der Waals surface area contributed by atoms with Gasteiger partial charge < -0.3 is 20.1 Å². The minimum absolute atomic E-state index is 0.0421. The van der Waals surface area contributed by atoms with E-state index in [0.717, 1.165) is 5.56 Å². The van der Waals surface area contributed by atoms with Gasteiger partial charge in [-0.1, -0.05) is 35.9 Å². The van der Waals surface area contributed by atoms with Crippen molar-refractivity contribution in [2.24, 2.45) is 0 Å². The van der Waals surface area contributed by atoms with Crippen molar-refractivity contribution in [1.82, 2.24) is 14.8 Å². The molecule has 194 valence electrons. The van der Waals surface area contributed by atoms with Gasteiger partial charge in [0.05, 0.1) is 12.2 Å². The molecule has 4 aromatic rings. The average molecular weight is 534 g/mol. The van der Waals surface area contributed by atoms with Gasteiger partial charge in [0.2, 0.25) is 5.95 Å². The van der Waals surface area contributed by atoms with Crippen molar-refractivity contribution in [3.63, 3.8) is 0 Å². The number of halogens is 2. The number of ether oxygens (including phenoxy) is 2. The number of aromatic nitrogens is 3. The van der Waals surface area contributed by atoms with Gasteiger partial charge in [0.1, 0.15) is 24.8 Å². The van der Waals surface area contributed by atoms with Crippen LogP contribution >= 0.6 is 11.6 Å². The first-order valence-corrected chi connectivity index (χ1v) is 12.4. The highest BCUT2D eigenvalue weighted by atomic mass is 35.5. The Morgan fingerprint density at radius 3 is 2.66 bits per heavy atom. The molecule has 1 aromatic heterocycles. The highest BCUT2D eigenvalue weighted by Gasteiger charge is 2.34. The molecule has 0 unspecified atom stereocenters. The molecule has 2 heterocycles. The van der Waals surface area contributed by atoms with Crippen LogP contribution in [0.3, 0.4) is 0 Å².